The van der Waals surface area contributed by atoms with Gasteiger partial charge in [-0.15, -0.1) is 0 Å². The van der Waals surface area contributed by atoms with Crippen LogP contribution in [0, 0.1) is 0 Å². The average Bonchev–Trinajstić information content (AvgIpc) is 2.44. The largest absolute Gasteiger partial charge is 0.434 e. The number of likely N-dealkylation sites (N-methyl/N-ethyl adjacent to an activating group) is 1. The molecule has 1 unspecified atom stereocenters. The molecular weight excluding hydrogens is 306 g/mol. The maximum absolute atomic E-state index is 12.3. The average molecular weight is 323 g/mol. The van der Waals surface area contributed by atoms with Crippen LogP contribution in [-0.2, 0) is 6.54 Å². The first-order chi connectivity index (χ1) is 9.85. The van der Waals surface area contributed by atoms with Crippen molar-refractivity contribution in [1.29, 1.82) is 0 Å². The highest BCUT2D eigenvalue weighted by Gasteiger charge is 2.16. The highest BCUT2D eigenvalue weighted by atomic mass is 35.5. The number of nitrogens with one attached hydrogen (secondary N) is 1. The Morgan fingerprint density at radius 3 is 2.76 bits per heavy atom. The summed E-state index contributed by atoms with van der Waals surface area (Å²) in [6.45, 7) is -1.49. The topological polar surface area (TPSA) is 61.8 Å². The van der Waals surface area contributed by atoms with Crippen LogP contribution in [0.3, 0.4) is 0 Å². The highest BCUT2D eigenvalue weighted by molar-refractivity contribution is 6.30. The molecule has 5 nitrogen and oxygen atoms in total. The second-order valence-corrected chi connectivity index (χ2v) is 4.87. The number of urea groups is 1. The molecule has 0 spiro atoms. The van der Waals surface area contributed by atoms with E-state index in [1.807, 2.05) is 0 Å². The number of halogens is 3. The number of alkyl halides is 2. The lowest BCUT2D eigenvalue weighted by molar-refractivity contribution is -0.0504. The molecule has 0 fully saturated rings. The number of amides is 2. The summed E-state index contributed by atoms with van der Waals surface area (Å²) in [6.07, 6.45) is 0. The molecule has 0 aliphatic heterocycles. The summed E-state index contributed by atoms with van der Waals surface area (Å²) >= 11 is 5.80. The van der Waals surface area contributed by atoms with Crippen molar-refractivity contribution in [2.75, 3.05) is 13.7 Å². The van der Waals surface area contributed by atoms with Gasteiger partial charge in [0.05, 0.1) is 12.6 Å². The minimum absolute atomic E-state index is 0.0239. The lowest BCUT2D eigenvalue weighted by Crippen LogP contribution is -2.43. The normalized spacial score (nSPS) is 12.1. The maximum atomic E-state index is 12.3. The first kappa shape index (κ1) is 17.5. The van der Waals surface area contributed by atoms with E-state index in [2.05, 4.69) is 10.1 Å². The fraction of sp³-hybridized carbons (Fsp3) is 0.462. The quantitative estimate of drug-likeness (QED) is 0.845. The third-order valence-corrected chi connectivity index (χ3v) is 3.15. The fourth-order valence-corrected chi connectivity index (χ4v) is 1.71. The summed E-state index contributed by atoms with van der Waals surface area (Å²) in [5, 5.41) is 11.9. The smallest absolute Gasteiger partial charge is 0.387 e. The van der Waals surface area contributed by atoms with Crippen LogP contribution in [0.5, 0.6) is 5.75 Å². The Morgan fingerprint density at radius 1 is 1.52 bits per heavy atom. The van der Waals surface area contributed by atoms with E-state index in [-0.39, 0.29) is 24.9 Å². The second-order valence-electron chi connectivity index (χ2n) is 4.43. The van der Waals surface area contributed by atoms with Crippen molar-refractivity contribution in [2.45, 2.75) is 26.1 Å². The molecule has 0 aliphatic rings. The lowest BCUT2D eigenvalue weighted by atomic mass is 10.2. The monoisotopic (exact) mass is 322 g/mol. The molecular formula is C13H17ClF2N2O3. The van der Waals surface area contributed by atoms with Crippen molar-refractivity contribution < 1.29 is 23.4 Å². The van der Waals surface area contributed by atoms with Gasteiger partial charge < -0.3 is 20.1 Å². The van der Waals surface area contributed by atoms with E-state index in [9.17, 15) is 13.6 Å². The van der Waals surface area contributed by atoms with Crippen molar-refractivity contribution in [2.24, 2.45) is 0 Å². The van der Waals surface area contributed by atoms with Gasteiger partial charge in [-0.1, -0.05) is 11.6 Å². The minimum atomic E-state index is -2.96. The zero-order chi connectivity index (χ0) is 16.0. The molecule has 0 heterocycles. The molecule has 0 aromatic heterocycles. The number of nitrogens with zero attached hydrogens (tertiary/aromatic N) is 1. The molecule has 1 aromatic rings. The van der Waals surface area contributed by atoms with Gasteiger partial charge in [-0.2, -0.15) is 8.78 Å². The van der Waals surface area contributed by atoms with Gasteiger partial charge in [0, 0.05) is 24.2 Å². The van der Waals surface area contributed by atoms with Crippen LogP contribution in [0.1, 0.15) is 12.5 Å². The van der Waals surface area contributed by atoms with Gasteiger partial charge in [0.1, 0.15) is 5.75 Å². The maximum Gasteiger partial charge on any atom is 0.387 e. The summed E-state index contributed by atoms with van der Waals surface area (Å²) in [5.74, 6) is -0.0486. The third kappa shape index (κ3) is 5.35. The second kappa shape index (κ2) is 7.99. The fourth-order valence-electron chi connectivity index (χ4n) is 1.52. The van der Waals surface area contributed by atoms with Crippen molar-refractivity contribution in [1.82, 2.24) is 10.2 Å². The molecule has 118 valence electrons. The van der Waals surface area contributed by atoms with Crippen molar-refractivity contribution in [3.05, 3.63) is 28.8 Å². The molecule has 1 atom stereocenters. The Labute approximate surface area is 126 Å². The Bertz CT molecular complexity index is 488. The van der Waals surface area contributed by atoms with Crippen LogP contribution >= 0.6 is 11.6 Å². The van der Waals surface area contributed by atoms with Crippen LogP contribution in [0.15, 0.2) is 18.2 Å². The highest BCUT2D eigenvalue weighted by Crippen LogP contribution is 2.24. The van der Waals surface area contributed by atoms with Gasteiger partial charge in [-0.05, 0) is 25.1 Å². The van der Waals surface area contributed by atoms with E-state index in [4.69, 9.17) is 16.7 Å². The molecule has 0 saturated carbocycles. The molecule has 1 rings (SSSR count). The first-order valence-corrected chi connectivity index (χ1v) is 6.57. The summed E-state index contributed by atoms with van der Waals surface area (Å²) in [7, 11) is 1.52. The standard InChI is InChI=1S/C13H17ClF2N2O3/c1-8(7-19)18(2)13(20)17-6-9-5-10(14)3-4-11(9)21-12(15)16/h3-5,8,12,19H,6-7H2,1-2H3,(H,17,20). The van der Waals surface area contributed by atoms with Crippen LogP contribution < -0.4 is 10.1 Å². The molecule has 0 radical (unpaired) electrons. The van der Waals surface area contributed by atoms with Crippen molar-refractivity contribution in [3.8, 4) is 5.75 Å². The van der Waals surface area contributed by atoms with Crippen LogP contribution in [0.2, 0.25) is 5.02 Å². The number of benzene rings is 1. The van der Waals surface area contributed by atoms with E-state index in [1.54, 1.807) is 6.92 Å². The van der Waals surface area contributed by atoms with E-state index >= 15 is 0 Å². The number of ether oxygens (including phenoxy) is 1. The Hall–Kier alpha value is -1.60. The molecule has 0 aliphatic carbocycles. The molecule has 1 aromatic carbocycles. The number of aliphatic hydroxyl groups is 1. The number of rotatable bonds is 6. The SMILES string of the molecule is CC(CO)N(C)C(=O)NCc1cc(Cl)ccc1OC(F)F. The Balaban J connectivity index is 2.74. The summed E-state index contributed by atoms with van der Waals surface area (Å²) in [5.41, 5.74) is 0.334. The zero-order valence-corrected chi connectivity index (χ0v) is 12.4. The summed E-state index contributed by atoms with van der Waals surface area (Å²) < 4.78 is 29.0. The van der Waals surface area contributed by atoms with E-state index in [1.165, 1.54) is 30.1 Å². The third-order valence-electron chi connectivity index (χ3n) is 2.91. The molecule has 8 heteroatoms. The van der Waals surface area contributed by atoms with Gasteiger partial charge in [0.2, 0.25) is 0 Å². The van der Waals surface area contributed by atoms with Crippen LogP contribution in [-0.4, -0.2) is 42.3 Å². The Morgan fingerprint density at radius 2 is 2.19 bits per heavy atom. The van der Waals surface area contributed by atoms with Crippen molar-refractivity contribution in [3.63, 3.8) is 0 Å². The molecule has 0 saturated heterocycles. The van der Waals surface area contributed by atoms with E-state index < -0.39 is 12.6 Å². The Kier molecular flexibility index (Phi) is 6.64. The van der Waals surface area contributed by atoms with Gasteiger partial charge in [0.25, 0.3) is 0 Å². The molecule has 0 bridgehead atoms. The number of hydrogen-bond acceptors (Lipinski definition) is 3. The molecule has 2 amide bonds. The molecule has 2 N–H and O–H groups in total. The summed E-state index contributed by atoms with van der Waals surface area (Å²) in [4.78, 5) is 13.1. The zero-order valence-electron chi connectivity index (χ0n) is 11.6. The van der Waals surface area contributed by atoms with Crippen molar-refractivity contribution >= 4 is 17.6 Å². The number of hydrogen-bond donors (Lipinski definition) is 2. The van der Waals surface area contributed by atoms with Crippen LogP contribution in [0.25, 0.3) is 0 Å². The summed E-state index contributed by atoms with van der Waals surface area (Å²) in [6, 6.07) is 3.37. The van der Waals surface area contributed by atoms with Gasteiger partial charge in [-0.3, -0.25) is 0 Å². The molecule has 21 heavy (non-hydrogen) atoms. The van der Waals surface area contributed by atoms with Crippen LogP contribution in [0.4, 0.5) is 13.6 Å². The minimum Gasteiger partial charge on any atom is -0.434 e. The predicted octanol–water partition coefficient (Wildman–Crippen LogP) is 2.46. The van der Waals surface area contributed by atoms with Gasteiger partial charge in [-0.25, -0.2) is 4.79 Å². The number of aliphatic hydroxyl groups excluding tert-OH is 1. The predicted molar refractivity (Wildman–Crippen MR) is 74.6 cm³/mol. The van der Waals surface area contributed by atoms with Gasteiger partial charge in [0.15, 0.2) is 0 Å². The first-order valence-electron chi connectivity index (χ1n) is 6.20. The van der Waals surface area contributed by atoms with E-state index in [0.29, 0.717) is 10.6 Å². The van der Waals surface area contributed by atoms with Gasteiger partial charge >= 0.3 is 12.6 Å². The van der Waals surface area contributed by atoms with E-state index in [0.717, 1.165) is 0 Å². The number of carbonyl (C=O) groups excluding carboxylic acids is 1. The lowest BCUT2D eigenvalue weighted by Gasteiger charge is -2.23. The number of carbonyl (C=O) groups is 1.